The van der Waals surface area contributed by atoms with Gasteiger partial charge in [0.25, 0.3) is 0 Å². The van der Waals surface area contributed by atoms with Crippen LogP contribution in [0.5, 0.6) is 11.5 Å². The van der Waals surface area contributed by atoms with Crippen LogP contribution in [-0.4, -0.2) is 25.1 Å². The molecule has 2 aromatic rings. The Balaban J connectivity index is 1.90. The second kappa shape index (κ2) is 9.12. The summed E-state index contributed by atoms with van der Waals surface area (Å²) in [6, 6.07) is 9.77. The van der Waals surface area contributed by atoms with Gasteiger partial charge in [-0.25, -0.2) is 0 Å². The summed E-state index contributed by atoms with van der Waals surface area (Å²) in [6.45, 7) is 0. The zero-order chi connectivity index (χ0) is 20.9. The van der Waals surface area contributed by atoms with Crippen LogP contribution in [0.1, 0.15) is 0 Å². The molecule has 0 bridgehead atoms. The summed E-state index contributed by atoms with van der Waals surface area (Å²) in [5.41, 5.74) is 0. The summed E-state index contributed by atoms with van der Waals surface area (Å²) in [4.78, 5) is 1.12. The molecule has 12 heteroatoms. The van der Waals surface area contributed by atoms with Gasteiger partial charge in [0, 0.05) is 9.79 Å². The fourth-order valence-electron chi connectivity index (χ4n) is 1.63. The molecule has 0 atom stereocenters. The normalized spacial score (nSPS) is 12.5. The van der Waals surface area contributed by atoms with Crippen LogP contribution in [0.15, 0.2) is 58.3 Å². The third-order valence-electron chi connectivity index (χ3n) is 2.90. The zero-order valence-electron chi connectivity index (χ0n) is 13.4. The van der Waals surface area contributed by atoms with Gasteiger partial charge in [0.1, 0.15) is 11.5 Å². The molecular formula is C16H10F8O2S2. The van der Waals surface area contributed by atoms with Crippen molar-refractivity contribution in [2.75, 3.05) is 0 Å². The maximum atomic E-state index is 12.8. The fourth-order valence-corrected chi connectivity index (χ4v) is 3.56. The van der Waals surface area contributed by atoms with Crippen LogP contribution in [0.3, 0.4) is 0 Å². The van der Waals surface area contributed by atoms with E-state index in [-0.39, 0.29) is 0 Å². The molecule has 0 aliphatic heterocycles. The minimum absolute atomic E-state index is 0.443. The standard InChI is InChI=1S/C16H10F8O2S2/c17-13(18)15(21,22)25-9-1-5-11(6-2-9)27-28-12-7-3-10(4-8-12)26-16(23,24)14(19)20/h1-8,13-14H. The van der Waals surface area contributed by atoms with E-state index in [9.17, 15) is 35.1 Å². The SMILES string of the molecule is FC(F)C(F)(F)Oc1ccc(SSc2ccc(OC(F)(F)C(F)F)cc2)cc1. The largest absolute Gasteiger partial charge is 0.461 e. The van der Waals surface area contributed by atoms with E-state index in [2.05, 4.69) is 9.47 Å². The summed E-state index contributed by atoms with van der Waals surface area (Å²) in [5.74, 6) is -0.887. The van der Waals surface area contributed by atoms with Crippen molar-refractivity contribution in [3.05, 3.63) is 48.5 Å². The van der Waals surface area contributed by atoms with E-state index in [4.69, 9.17) is 0 Å². The average molecular weight is 450 g/mol. The lowest BCUT2D eigenvalue weighted by Crippen LogP contribution is -2.33. The highest BCUT2D eigenvalue weighted by Gasteiger charge is 2.44. The Kier molecular flexibility index (Phi) is 7.32. The van der Waals surface area contributed by atoms with Gasteiger partial charge in [0.05, 0.1) is 0 Å². The minimum Gasteiger partial charge on any atom is -0.428 e. The second-order valence-corrected chi connectivity index (χ2v) is 7.31. The fraction of sp³-hybridized carbons (Fsp3) is 0.250. The summed E-state index contributed by atoms with van der Waals surface area (Å²) in [7, 11) is 2.29. The van der Waals surface area contributed by atoms with Crippen LogP contribution in [0.25, 0.3) is 0 Å². The molecule has 2 aromatic carbocycles. The first kappa shape index (κ1) is 22.5. The highest BCUT2D eigenvalue weighted by Crippen LogP contribution is 2.39. The molecule has 0 amide bonds. The highest BCUT2D eigenvalue weighted by atomic mass is 33.1. The van der Waals surface area contributed by atoms with E-state index in [0.717, 1.165) is 45.9 Å². The lowest BCUT2D eigenvalue weighted by atomic mass is 10.3. The molecule has 28 heavy (non-hydrogen) atoms. The van der Waals surface area contributed by atoms with E-state index >= 15 is 0 Å². The Labute approximate surface area is 161 Å². The smallest absolute Gasteiger partial charge is 0.428 e. The Morgan fingerprint density at radius 3 is 1.11 bits per heavy atom. The molecule has 0 N–H and O–H groups in total. The first-order valence-electron chi connectivity index (χ1n) is 7.24. The molecular weight excluding hydrogens is 440 g/mol. The molecule has 2 nitrogen and oxygen atoms in total. The van der Waals surface area contributed by atoms with Crippen molar-refractivity contribution in [1.82, 2.24) is 0 Å². The molecule has 0 saturated heterocycles. The van der Waals surface area contributed by atoms with Gasteiger partial charge in [-0.1, -0.05) is 21.6 Å². The van der Waals surface area contributed by atoms with Gasteiger partial charge in [-0.05, 0) is 48.5 Å². The van der Waals surface area contributed by atoms with E-state index in [1.165, 1.54) is 24.3 Å². The van der Waals surface area contributed by atoms with E-state index in [1.807, 2.05) is 0 Å². The minimum atomic E-state index is -4.60. The van der Waals surface area contributed by atoms with Gasteiger partial charge in [0.2, 0.25) is 0 Å². The number of rotatable bonds is 9. The van der Waals surface area contributed by atoms with Gasteiger partial charge < -0.3 is 9.47 Å². The quantitative estimate of drug-likeness (QED) is 0.304. The average Bonchev–Trinajstić information content (AvgIpc) is 2.61. The van der Waals surface area contributed by atoms with Gasteiger partial charge in [-0.15, -0.1) is 0 Å². The summed E-state index contributed by atoms with van der Waals surface area (Å²) in [6.07, 6.45) is -17.1. The van der Waals surface area contributed by atoms with E-state index in [1.54, 1.807) is 0 Å². The molecule has 0 aliphatic rings. The van der Waals surface area contributed by atoms with Crippen molar-refractivity contribution >= 4 is 21.6 Å². The monoisotopic (exact) mass is 450 g/mol. The van der Waals surface area contributed by atoms with Crippen molar-refractivity contribution in [1.29, 1.82) is 0 Å². The Hall–Kier alpha value is -1.82. The summed E-state index contributed by atoms with van der Waals surface area (Å²) in [5, 5.41) is 0. The first-order chi connectivity index (χ1) is 13.0. The molecule has 0 saturated carbocycles. The van der Waals surface area contributed by atoms with Crippen LogP contribution in [0, 0.1) is 0 Å². The highest BCUT2D eigenvalue weighted by molar-refractivity contribution is 8.76. The molecule has 0 aliphatic carbocycles. The van der Waals surface area contributed by atoms with Crippen LogP contribution in [-0.2, 0) is 0 Å². The topological polar surface area (TPSA) is 18.5 Å². The number of hydrogen-bond donors (Lipinski definition) is 0. The number of ether oxygens (including phenoxy) is 2. The third-order valence-corrected chi connectivity index (χ3v) is 5.31. The van der Waals surface area contributed by atoms with Crippen molar-refractivity contribution in [3.63, 3.8) is 0 Å². The second-order valence-electron chi connectivity index (χ2n) is 5.04. The molecule has 0 unspecified atom stereocenters. The Morgan fingerprint density at radius 1 is 0.571 bits per heavy atom. The Morgan fingerprint density at radius 2 is 0.857 bits per heavy atom. The molecule has 2 rings (SSSR count). The molecule has 0 heterocycles. The zero-order valence-corrected chi connectivity index (χ0v) is 15.1. The predicted molar refractivity (Wildman–Crippen MR) is 87.8 cm³/mol. The van der Waals surface area contributed by atoms with Crippen molar-refractivity contribution in [2.24, 2.45) is 0 Å². The van der Waals surface area contributed by atoms with Crippen LogP contribution in [0.2, 0.25) is 0 Å². The number of alkyl halides is 8. The number of hydrogen-bond acceptors (Lipinski definition) is 4. The van der Waals surface area contributed by atoms with Crippen LogP contribution >= 0.6 is 21.6 Å². The van der Waals surface area contributed by atoms with Crippen molar-refractivity contribution in [3.8, 4) is 11.5 Å². The third kappa shape index (κ3) is 6.36. The van der Waals surface area contributed by atoms with Crippen LogP contribution < -0.4 is 9.47 Å². The molecule has 0 radical (unpaired) electrons. The van der Waals surface area contributed by atoms with Gasteiger partial charge in [0.15, 0.2) is 0 Å². The lowest BCUT2D eigenvalue weighted by Gasteiger charge is -2.17. The van der Waals surface area contributed by atoms with Crippen molar-refractivity contribution < 1.29 is 44.6 Å². The molecule has 154 valence electrons. The molecule has 0 fully saturated rings. The lowest BCUT2D eigenvalue weighted by molar-refractivity contribution is -0.253. The van der Waals surface area contributed by atoms with E-state index < -0.39 is 36.6 Å². The van der Waals surface area contributed by atoms with E-state index in [0.29, 0.717) is 9.79 Å². The molecule has 0 spiro atoms. The molecule has 0 aromatic heterocycles. The first-order valence-corrected chi connectivity index (χ1v) is 9.39. The maximum Gasteiger partial charge on any atom is 0.461 e. The summed E-state index contributed by atoms with van der Waals surface area (Å²) < 4.78 is 107. The summed E-state index contributed by atoms with van der Waals surface area (Å²) >= 11 is 0. The van der Waals surface area contributed by atoms with Gasteiger partial charge >= 0.3 is 25.1 Å². The number of halogens is 8. The van der Waals surface area contributed by atoms with Gasteiger partial charge in [-0.2, -0.15) is 35.1 Å². The number of benzene rings is 2. The van der Waals surface area contributed by atoms with Crippen molar-refractivity contribution in [2.45, 2.75) is 34.9 Å². The maximum absolute atomic E-state index is 12.8. The predicted octanol–water partition coefficient (Wildman–Crippen LogP) is 6.96. The van der Waals surface area contributed by atoms with Gasteiger partial charge in [-0.3, -0.25) is 0 Å². The van der Waals surface area contributed by atoms with Crippen LogP contribution in [0.4, 0.5) is 35.1 Å². The Bertz CT molecular complexity index is 689.